The van der Waals surface area contributed by atoms with E-state index in [2.05, 4.69) is 6.92 Å². The summed E-state index contributed by atoms with van der Waals surface area (Å²) in [7, 11) is -3.63. The van der Waals surface area contributed by atoms with E-state index in [1.807, 2.05) is 0 Å². The summed E-state index contributed by atoms with van der Waals surface area (Å²) >= 11 is 0. The molecule has 21 heavy (non-hydrogen) atoms. The number of rotatable bonds is 4. The fraction of sp³-hybridized carbons (Fsp3) is 0.533. The normalized spacial score (nSPS) is 17.6. The first-order valence-electron chi connectivity index (χ1n) is 7.18. The lowest BCUT2D eigenvalue weighted by atomic mass is 9.94. The second kappa shape index (κ2) is 6.54. The van der Waals surface area contributed by atoms with Gasteiger partial charge < -0.3 is 0 Å². The van der Waals surface area contributed by atoms with Crippen LogP contribution in [0, 0.1) is 23.1 Å². The Morgan fingerprint density at radius 3 is 2.62 bits per heavy atom. The van der Waals surface area contributed by atoms with Crippen LogP contribution >= 0.6 is 0 Å². The zero-order valence-corrected chi connectivity index (χ0v) is 12.9. The number of piperidine rings is 1. The van der Waals surface area contributed by atoms with E-state index in [-0.39, 0.29) is 10.5 Å². The molecule has 1 saturated heterocycles. The molecule has 114 valence electrons. The van der Waals surface area contributed by atoms with Crippen LogP contribution in [-0.2, 0) is 10.0 Å². The predicted octanol–water partition coefficient (Wildman–Crippen LogP) is 2.90. The van der Waals surface area contributed by atoms with Crippen LogP contribution in [0.4, 0.5) is 4.39 Å². The molecule has 0 spiro atoms. The zero-order valence-electron chi connectivity index (χ0n) is 12.0. The number of hydrogen-bond donors (Lipinski definition) is 0. The van der Waals surface area contributed by atoms with Crippen LogP contribution in [0.15, 0.2) is 23.1 Å². The highest BCUT2D eigenvalue weighted by Crippen LogP contribution is 2.27. The molecule has 0 saturated carbocycles. The largest absolute Gasteiger partial charge is 0.243 e. The SMILES string of the molecule is CCCC1CCN(S(=O)(=O)c2ccc(F)c(C#N)c2)CC1. The maximum Gasteiger partial charge on any atom is 0.243 e. The number of sulfonamides is 1. The minimum Gasteiger partial charge on any atom is -0.207 e. The van der Waals surface area contributed by atoms with E-state index >= 15 is 0 Å². The van der Waals surface area contributed by atoms with Crippen LogP contribution < -0.4 is 0 Å². The van der Waals surface area contributed by atoms with Gasteiger partial charge in [-0.1, -0.05) is 19.8 Å². The minimum atomic E-state index is -3.63. The highest BCUT2D eigenvalue weighted by molar-refractivity contribution is 7.89. The van der Waals surface area contributed by atoms with E-state index in [0.29, 0.717) is 19.0 Å². The molecule has 6 heteroatoms. The summed E-state index contributed by atoms with van der Waals surface area (Å²) in [6.45, 7) is 3.11. The van der Waals surface area contributed by atoms with Gasteiger partial charge in [-0.2, -0.15) is 9.57 Å². The quantitative estimate of drug-likeness (QED) is 0.859. The van der Waals surface area contributed by atoms with Crippen molar-refractivity contribution >= 4 is 10.0 Å². The van der Waals surface area contributed by atoms with Gasteiger partial charge in [0.25, 0.3) is 0 Å². The Morgan fingerprint density at radius 1 is 1.38 bits per heavy atom. The Kier molecular flexibility index (Phi) is 4.96. The van der Waals surface area contributed by atoms with Crippen molar-refractivity contribution in [2.45, 2.75) is 37.5 Å². The fourth-order valence-corrected chi connectivity index (χ4v) is 4.24. The molecule has 1 heterocycles. The van der Waals surface area contributed by atoms with Crippen molar-refractivity contribution in [2.75, 3.05) is 13.1 Å². The highest BCUT2D eigenvalue weighted by Gasteiger charge is 2.29. The van der Waals surface area contributed by atoms with Crippen LogP contribution in [0.1, 0.15) is 38.2 Å². The molecular formula is C15H19FN2O2S. The van der Waals surface area contributed by atoms with Gasteiger partial charge in [-0.3, -0.25) is 0 Å². The summed E-state index contributed by atoms with van der Waals surface area (Å²) < 4.78 is 39.8. The Hall–Kier alpha value is -1.45. The van der Waals surface area contributed by atoms with Gasteiger partial charge in [-0.15, -0.1) is 0 Å². The smallest absolute Gasteiger partial charge is 0.207 e. The lowest BCUT2D eigenvalue weighted by Gasteiger charge is -2.31. The minimum absolute atomic E-state index is 0.00519. The van der Waals surface area contributed by atoms with E-state index in [9.17, 15) is 12.8 Å². The molecule has 0 aromatic heterocycles. The van der Waals surface area contributed by atoms with Gasteiger partial charge in [0, 0.05) is 13.1 Å². The molecule has 0 atom stereocenters. The molecule has 1 aliphatic rings. The Morgan fingerprint density at radius 2 is 2.05 bits per heavy atom. The third kappa shape index (κ3) is 3.42. The summed E-state index contributed by atoms with van der Waals surface area (Å²) in [6.07, 6.45) is 3.96. The lowest BCUT2D eigenvalue weighted by Crippen LogP contribution is -2.38. The van der Waals surface area contributed by atoms with Crippen LogP contribution in [0.25, 0.3) is 0 Å². The topological polar surface area (TPSA) is 61.2 Å². The number of nitrogens with zero attached hydrogens (tertiary/aromatic N) is 2. The highest BCUT2D eigenvalue weighted by atomic mass is 32.2. The van der Waals surface area contributed by atoms with Crippen LogP contribution in [-0.4, -0.2) is 25.8 Å². The molecule has 0 amide bonds. The number of nitriles is 1. The van der Waals surface area contributed by atoms with Gasteiger partial charge in [0.15, 0.2) is 0 Å². The van der Waals surface area contributed by atoms with Crippen LogP contribution in [0.5, 0.6) is 0 Å². The molecule has 0 radical (unpaired) electrons. The van der Waals surface area contributed by atoms with Crippen LogP contribution in [0.2, 0.25) is 0 Å². The molecule has 0 N–H and O–H groups in total. The van der Waals surface area contributed by atoms with Gasteiger partial charge in [0.1, 0.15) is 11.9 Å². The van der Waals surface area contributed by atoms with Gasteiger partial charge in [0.2, 0.25) is 10.0 Å². The van der Waals surface area contributed by atoms with Gasteiger partial charge >= 0.3 is 0 Å². The second-order valence-corrected chi connectivity index (χ2v) is 7.33. The van der Waals surface area contributed by atoms with E-state index in [1.54, 1.807) is 6.07 Å². The predicted molar refractivity (Wildman–Crippen MR) is 77.5 cm³/mol. The van der Waals surface area contributed by atoms with E-state index in [4.69, 9.17) is 5.26 Å². The monoisotopic (exact) mass is 310 g/mol. The van der Waals surface area contributed by atoms with Gasteiger partial charge in [-0.25, -0.2) is 12.8 Å². The Balaban J connectivity index is 2.18. The summed E-state index contributed by atoms with van der Waals surface area (Å²) in [6, 6.07) is 5.05. The number of hydrogen-bond acceptors (Lipinski definition) is 3. The Labute approximate surface area is 125 Å². The van der Waals surface area contributed by atoms with E-state index in [0.717, 1.165) is 37.8 Å². The molecular weight excluding hydrogens is 291 g/mol. The van der Waals surface area contributed by atoms with Crippen molar-refractivity contribution in [3.8, 4) is 6.07 Å². The molecule has 1 aromatic carbocycles. The van der Waals surface area contributed by atoms with Gasteiger partial charge in [0.05, 0.1) is 10.5 Å². The average molecular weight is 310 g/mol. The molecule has 1 aliphatic heterocycles. The first-order chi connectivity index (χ1) is 9.98. The molecule has 0 aliphatic carbocycles. The molecule has 0 bridgehead atoms. The molecule has 1 fully saturated rings. The number of benzene rings is 1. The molecule has 2 rings (SSSR count). The summed E-state index contributed by atoms with van der Waals surface area (Å²) in [5.74, 6) is -0.109. The standard InChI is InChI=1S/C15H19FN2O2S/c1-2-3-12-6-8-18(9-7-12)21(19,20)14-4-5-15(16)13(10-14)11-17/h4-5,10,12H,2-3,6-9H2,1H3. The van der Waals surface area contributed by atoms with Crippen molar-refractivity contribution in [1.82, 2.24) is 4.31 Å². The van der Waals surface area contributed by atoms with Crippen molar-refractivity contribution in [3.05, 3.63) is 29.6 Å². The molecule has 0 unspecified atom stereocenters. The summed E-state index contributed by atoms with van der Waals surface area (Å²) in [5, 5.41) is 8.81. The number of halogens is 1. The van der Waals surface area contributed by atoms with E-state index in [1.165, 1.54) is 10.4 Å². The van der Waals surface area contributed by atoms with Crippen molar-refractivity contribution in [1.29, 1.82) is 5.26 Å². The molecule has 1 aromatic rings. The van der Waals surface area contributed by atoms with Crippen molar-refractivity contribution in [2.24, 2.45) is 5.92 Å². The van der Waals surface area contributed by atoms with Crippen LogP contribution in [0.3, 0.4) is 0 Å². The summed E-state index contributed by atoms with van der Waals surface area (Å²) in [5.41, 5.74) is -0.239. The summed E-state index contributed by atoms with van der Waals surface area (Å²) in [4.78, 5) is -0.00519. The molecule has 4 nitrogen and oxygen atoms in total. The van der Waals surface area contributed by atoms with Gasteiger partial charge in [-0.05, 0) is 37.0 Å². The first-order valence-corrected chi connectivity index (χ1v) is 8.63. The van der Waals surface area contributed by atoms with Crippen molar-refractivity contribution in [3.63, 3.8) is 0 Å². The second-order valence-electron chi connectivity index (χ2n) is 5.39. The first kappa shape index (κ1) is 15.9. The maximum absolute atomic E-state index is 13.3. The third-order valence-corrected chi connectivity index (χ3v) is 5.86. The maximum atomic E-state index is 13.3. The average Bonchev–Trinajstić information content (AvgIpc) is 2.48. The zero-order chi connectivity index (χ0) is 15.5. The fourth-order valence-electron chi connectivity index (χ4n) is 2.75. The Bertz CT molecular complexity index is 644. The third-order valence-electron chi connectivity index (χ3n) is 3.97. The lowest BCUT2D eigenvalue weighted by molar-refractivity contribution is 0.262. The van der Waals surface area contributed by atoms with E-state index < -0.39 is 15.8 Å². The van der Waals surface area contributed by atoms with Crippen molar-refractivity contribution < 1.29 is 12.8 Å².